The molecule has 2 aliphatic rings. The highest BCUT2D eigenvalue weighted by Crippen LogP contribution is 2.33. The minimum atomic E-state index is -0.669. The Morgan fingerprint density at radius 1 is 1.20 bits per heavy atom. The highest BCUT2D eigenvalue weighted by atomic mass is 16.3. The van der Waals surface area contributed by atoms with Gasteiger partial charge in [0.2, 0.25) is 5.91 Å². The van der Waals surface area contributed by atoms with Crippen molar-refractivity contribution in [2.24, 2.45) is 5.73 Å². The van der Waals surface area contributed by atoms with E-state index in [4.69, 9.17) is 5.73 Å². The highest BCUT2D eigenvalue weighted by molar-refractivity contribution is 5.87. The minimum Gasteiger partial charge on any atom is -0.394 e. The zero-order chi connectivity index (χ0) is 10.9. The van der Waals surface area contributed by atoms with Crippen LogP contribution in [0.2, 0.25) is 0 Å². The van der Waals surface area contributed by atoms with Gasteiger partial charge in [-0.25, -0.2) is 0 Å². The number of aliphatic hydroxyl groups is 1. The van der Waals surface area contributed by atoms with Crippen LogP contribution in [0.15, 0.2) is 0 Å². The molecule has 0 aliphatic heterocycles. The highest BCUT2D eigenvalue weighted by Gasteiger charge is 2.44. The standard InChI is InChI=1S/C11H20N2O2/c12-11(6-1-2-7-11)9(15)13-10(8-14)4-3-5-10/h14H,1-8,12H2,(H,13,15). The fourth-order valence-corrected chi connectivity index (χ4v) is 2.52. The summed E-state index contributed by atoms with van der Waals surface area (Å²) in [5.74, 6) is -0.0613. The third kappa shape index (κ3) is 1.88. The summed E-state index contributed by atoms with van der Waals surface area (Å²) >= 11 is 0. The number of hydrogen-bond donors (Lipinski definition) is 3. The van der Waals surface area contributed by atoms with Gasteiger partial charge in [0, 0.05) is 0 Å². The fraction of sp³-hybridized carbons (Fsp3) is 0.909. The summed E-state index contributed by atoms with van der Waals surface area (Å²) in [6, 6.07) is 0. The molecule has 0 saturated heterocycles. The van der Waals surface area contributed by atoms with Gasteiger partial charge in [-0.15, -0.1) is 0 Å². The predicted octanol–water partition coefficient (Wildman–Crippen LogP) is 0.289. The van der Waals surface area contributed by atoms with Crippen molar-refractivity contribution in [1.82, 2.24) is 5.32 Å². The van der Waals surface area contributed by atoms with E-state index in [1.165, 1.54) is 0 Å². The number of rotatable bonds is 3. The van der Waals surface area contributed by atoms with Gasteiger partial charge in [-0.05, 0) is 32.1 Å². The first-order valence-corrected chi connectivity index (χ1v) is 5.83. The Bertz CT molecular complexity index is 250. The summed E-state index contributed by atoms with van der Waals surface area (Å²) in [5.41, 5.74) is 5.03. The van der Waals surface area contributed by atoms with E-state index in [9.17, 15) is 9.90 Å². The summed E-state index contributed by atoms with van der Waals surface area (Å²) in [5, 5.41) is 12.2. The maximum absolute atomic E-state index is 12.0. The second-order valence-corrected chi connectivity index (χ2v) is 5.11. The van der Waals surface area contributed by atoms with Crippen molar-refractivity contribution in [1.29, 1.82) is 0 Å². The molecule has 0 aromatic carbocycles. The van der Waals surface area contributed by atoms with Crippen molar-refractivity contribution in [2.75, 3.05) is 6.61 Å². The first-order chi connectivity index (χ1) is 7.10. The van der Waals surface area contributed by atoms with Gasteiger partial charge >= 0.3 is 0 Å². The summed E-state index contributed by atoms with van der Waals surface area (Å²) < 4.78 is 0. The SMILES string of the molecule is NC1(C(=O)NC2(CO)CCC2)CCCC1. The maximum atomic E-state index is 12.0. The van der Waals surface area contributed by atoms with Gasteiger partial charge < -0.3 is 16.2 Å². The Labute approximate surface area is 90.2 Å². The van der Waals surface area contributed by atoms with Crippen molar-refractivity contribution in [3.63, 3.8) is 0 Å². The third-order valence-electron chi connectivity index (χ3n) is 3.94. The van der Waals surface area contributed by atoms with Crippen LogP contribution in [0.25, 0.3) is 0 Å². The number of carbonyl (C=O) groups excluding carboxylic acids is 1. The quantitative estimate of drug-likeness (QED) is 0.629. The Hall–Kier alpha value is -0.610. The zero-order valence-electron chi connectivity index (χ0n) is 9.09. The van der Waals surface area contributed by atoms with E-state index in [1.54, 1.807) is 0 Å². The predicted molar refractivity (Wildman–Crippen MR) is 57.2 cm³/mol. The smallest absolute Gasteiger partial charge is 0.240 e. The van der Waals surface area contributed by atoms with Crippen molar-refractivity contribution < 1.29 is 9.90 Å². The topological polar surface area (TPSA) is 75.4 Å². The molecule has 0 atom stereocenters. The molecular formula is C11H20N2O2. The molecule has 15 heavy (non-hydrogen) atoms. The molecule has 0 spiro atoms. The molecular weight excluding hydrogens is 192 g/mol. The minimum absolute atomic E-state index is 0.0365. The zero-order valence-corrected chi connectivity index (χ0v) is 9.09. The van der Waals surface area contributed by atoms with Gasteiger partial charge in [-0.2, -0.15) is 0 Å². The second kappa shape index (κ2) is 3.76. The number of aliphatic hydroxyl groups excluding tert-OH is 1. The molecule has 0 aromatic rings. The Kier molecular flexibility index (Phi) is 2.73. The molecule has 2 rings (SSSR count). The molecule has 2 fully saturated rings. The van der Waals surface area contributed by atoms with Crippen LogP contribution in [0, 0.1) is 0 Å². The van der Waals surface area contributed by atoms with Crippen LogP contribution in [-0.4, -0.2) is 28.7 Å². The largest absolute Gasteiger partial charge is 0.394 e. The number of hydrogen-bond acceptors (Lipinski definition) is 3. The molecule has 0 heterocycles. The lowest BCUT2D eigenvalue weighted by Crippen LogP contribution is -2.63. The first-order valence-electron chi connectivity index (χ1n) is 5.83. The van der Waals surface area contributed by atoms with E-state index in [0.29, 0.717) is 0 Å². The van der Waals surface area contributed by atoms with Crippen molar-refractivity contribution in [2.45, 2.75) is 56.0 Å². The number of amides is 1. The molecule has 0 unspecified atom stereocenters. The van der Waals surface area contributed by atoms with Crippen LogP contribution < -0.4 is 11.1 Å². The Morgan fingerprint density at radius 2 is 1.80 bits per heavy atom. The molecule has 0 aromatic heterocycles. The molecule has 2 saturated carbocycles. The number of nitrogens with two attached hydrogens (primary N) is 1. The van der Waals surface area contributed by atoms with E-state index >= 15 is 0 Å². The van der Waals surface area contributed by atoms with Crippen LogP contribution in [-0.2, 0) is 4.79 Å². The molecule has 0 bridgehead atoms. The molecule has 1 amide bonds. The van der Waals surface area contributed by atoms with Gasteiger partial charge in [-0.1, -0.05) is 12.8 Å². The van der Waals surface area contributed by atoms with Crippen molar-refractivity contribution in [3.05, 3.63) is 0 Å². The molecule has 4 N–H and O–H groups in total. The first kappa shape index (κ1) is 10.9. The lowest BCUT2D eigenvalue weighted by atomic mass is 9.76. The van der Waals surface area contributed by atoms with Gasteiger partial charge in [0.15, 0.2) is 0 Å². The summed E-state index contributed by atoms with van der Waals surface area (Å²) in [4.78, 5) is 12.0. The molecule has 2 aliphatic carbocycles. The van der Waals surface area contributed by atoms with E-state index in [-0.39, 0.29) is 18.1 Å². The number of carbonyl (C=O) groups is 1. The van der Waals surface area contributed by atoms with Gasteiger partial charge in [0.05, 0.1) is 17.7 Å². The van der Waals surface area contributed by atoms with Gasteiger partial charge in [0.25, 0.3) is 0 Å². The van der Waals surface area contributed by atoms with Crippen LogP contribution >= 0.6 is 0 Å². The maximum Gasteiger partial charge on any atom is 0.240 e. The Morgan fingerprint density at radius 3 is 2.20 bits per heavy atom. The Balaban J connectivity index is 1.96. The summed E-state index contributed by atoms with van der Waals surface area (Å²) in [6.07, 6.45) is 6.47. The van der Waals surface area contributed by atoms with E-state index in [1.807, 2.05) is 0 Å². The second-order valence-electron chi connectivity index (χ2n) is 5.11. The monoisotopic (exact) mass is 212 g/mol. The third-order valence-corrected chi connectivity index (χ3v) is 3.94. The molecule has 86 valence electrons. The van der Waals surface area contributed by atoms with E-state index in [0.717, 1.165) is 44.9 Å². The van der Waals surface area contributed by atoms with Crippen molar-refractivity contribution in [3.8, 4) is 0 Å². The van der Waals surface area contributed by atoms with Crippen LogP contribution in [0.5, 0.6) is 0 Å². The number of nitrogens with one attached hydrogen (secondary N) is 1. The molecule has 0 radical (unpaired) electrons. The van der Waals surface area contributed by atoms with Crippen LogP contribution in [0.4, 0.5) is 0 Å². The van der Waals surface area contributed by atoms with Crippen LogP contribution in [0.3, 0.4) is 0 Å². The van der Waals surface area contributed by atoms with E-state index < -0.39 is 5.54 Å². The van der Waals surface area contributed by atoms with Crippen LogP contribution in [0.1, 0.15) is 44.9 Å². The fourth-order valence-electron chi connectivity index (χ4n) is 2.52. The molecule has 4 heteroatoms. The normalized spacial score (nSPS) is 27.1. The van der Waals surface area contributed by atoms with Crippen molar-refractivity contribution >= 4 is 5.91 Å². The average Bonchev–Trinajstić information content (AvgIpc) is 2.60. The molecule has 4 nitrogen and oxygen atoms in total. The lowest BCUT2D eigenvalue weighted by Gasteiger charge is -2.42. The van der Waals surface area contributed by atoms with E-state index in [2.05, 4.69) is 5.32 Å². The lowest BCUT2D eigenvalue weighted by molar-refractivity contribution is -0.130. The van der Waals surface area contributed by atoms with Gasteiger partial charge in [0.1, 0.15) is 0 Å². The average molecular weight is 212 g/mol. The van der Waals surface area contributed by atoms with Gasteiger partial charge in [-0.3, -0.25) is 4.79 Å². The summed E-state index contributed by atoms with van der Waals surface area (Å²) in [7, 11) is 0. The summed E-state index contributed by atoms with van der Waals surface area (Å²) in [6.45, 7) is 0.0365.